The van der Waals surface area contributed by atoms with E-state index < -0.39 is 0 Å². The molecule has 0 spiro atoms. The minimum absolute atomic E-state index is 0.564. The van der Waals surface area contributed by atoms with Crippen LogP contribution in [0.4, 0.5) is 22.7 Å². The van der Waals surface area contributed by atoms with E-state index >= 15 is 0 Å². The minimum atomic E-state index is 0.564. The highest BCUT2D eigenvalue weighted by Gasteiger charge is 2.37. The topological polar surface area (TPSA) is 94.7 Å². The first-order chi connectivity index (χ1) is 21.9. The van der Waals surface area contributed by atoms with E-state index in [0.29, 0.717) is 12.1 Å². The van der Waals surface area contributed by atoms with Gasteiger partial charge in [-0.2, -0.15) is 0 Å². The van der Waals surface area contributed by atoms with Gasteiger partial charge >= 0.3 is 0 Å². The van der Waals surface area contributed by atoms with E-state index in [1.165, 1.54) is 29.6 Å². The molecule has 2 aromatic carbocycles. The normalized spacial score (nSPS) is 18.2. The second-order valence-corrected chi connectivity index (χ2v) is 12.5. The number of pyridine rings is 3. The average molecular weight is 593 g/mol. The first-order valence-electron chi connectivity index (χ1n) is 15.6. The zero-order chi connectivity index (χ0) is 30.7. The molecule has 0 saturated carbocycles. The molecule has 1 saturated heterocycles. The van der Waals surface area contributed by atoms with Crippen molar-refractivity contribution in [3.8, 4) is 11.5 Å². The maximum Gasteiger partial charge on any atom is 0.157 e. The Bertz CT molecular complexity index is 2110. The number of aryl methyl sites for hydroxylation is 2. The number of aromatic nitrogens is 5. The second kappa shape index (κ2) is 10.8. The third kappa shape index (κ3) is 5.11. The zero-order valence-electron chi connectivity index (χ0n) is 26.0. The Morgan fingerprint density at radius 2 is 1.62 bits per heavy atom. The van der Waals surface area contributed by atoms with Gasteiger partial charge in [-0.3, -0.25) is 19.9 Å². The van der Waals surface area contributed by atoms with Gasteiger partial charge in [0.05, 0.1) is 28.4 Å². The van der Waals surface area contributed by atoms with Crippen molar-refractivity contribution in [3.05, 3.63) is 102 Å². The SMILES string of the molecule is CC1=C(c2ccc3nc(C)cc(Nc4ccc(-c5nc6ccc(Nc7ccnc(C)c7)cc6[nH]5)nc4)c3c2)C[C@H]2CC[C@@H]1N2C. The van der Waals surface area contributed by atoms with Crippen molar-refractivity contribution < 1.29 is 0 Å². The van der Waals surface area contributed by atoms with Gasteiger partial charge in [-0.25, -0.2) is 4.98 Å². The average Bonchev–Trinajstić information content (AvgIpc) is 3.57. The van der Waals surface area contributed by atoms with Crippen molar-refractivity contribution in [3.63, 3.8) is 0 Å². The van der Waals surface area contributed by atoms with Crippen LogP contribution in [0.5, 0.6) is 0 Å². The summed E-state index contributed by atoms with van der Waals surface area (Å²) >= 11 is 0. The summed E-state index contributed by atoms with van der Waals surface area (Å²) < 4.78 is 0. The van der Waals surface area contributed by atoms with Crippen LogP contribution >= 0.6 is 0 Å². The van der Waals surface area contributed by atoms with Crippen molar-refractivity contribution in [1.29, 1.82) is 0 Å². The summed E-state index contributed by atoms with van der Waals surface area (Å²) in [5.74, 6) is 0.735. The van der Waals surface area contributed by atoms with E-state index in [1.54, 1.807) is 0 Å². The minimum Gasteiger partial charge on any atom is -0.355 e. The summed E-state index contributed by atoms with van der Waals surface area (Å²) in [7, 11) is 2.28. The number of hydrogen-bond acceptors (Lipinski definition) is 7. The molecule has 2 aliphatic rings. The zero-order valence-corrected chi connectivity index (χ0v) is 26.0. The second-order valence-electron chi connectivity index (χ2n) is 12.5. The van der Waals surface area contributed by atoms with E-state index in [2.05, 4.69) is 75.9 Å². The first-order valence-corrected chi connectivity index (χ1v) is 15.6. The van der Waals surface area contributed by atoms with Crippen LogP contribution in [-0.2, 0) is 0 Å². The predicted octanol–water partition coefficient (Wildman–Crippen LogP) is 8.31. The highest BCUT2D eigenvalue weighted by atomic mass is 15.2. The molecule has 8 heteroatoms. The summed E-state index contributed by atoms with van der Waals surface area (Å²) in [6.45, 7) is 6.35. The van der Waals surface area contributed by atoms with Crippen LogP contribution in [0.25, 0.3) is 39.0 Å². The van der Waals surface area contributed by atoms with Crippen LogP contribution < -0.4 is 10.6 Å². The molecule has 6 aromatic rings. The number of likely N-dealkylation sites (N-methyl/N-ethyl adjacent to an activating group) is 1. The van der Waals surface area contributed by atoms with Crippen molar-refractivity contribution in [1.82, 2.24) is 29.8 Å². The first kappa shape index (κ1) is 27.5. The Morgan fingerprint density at radius 3 is 2.47 bits per heavy atom. The molecule has 8 rings (SSSR count). The van der Waals surface area contributed by atoms with Gasteiger partial charge in [-0.1, -0.05) is 11.6 Å². The van der Waals surface area contributed by atoms with Crippen LogP contribution in [0.15, 0.2) is 84.7 Å². The molecule has 4 aromatic heterocycles. The summed E-state index contributed by atoms with van der Waals surface area (Å²) in [5.41, 5.74) is 13.8. The summed E-state index contributed by atoms with van der Waals surface area (Å²) in [6.07, 6.45) is 7.33. The van der Waals surface area contributed by atoms with Crippen molar-refractivity contribution >= 4 is 50.3 Å². The monoisotopic (exact) mass is 592 g/mol. The number of imidazole rings is 1. The van der Waals surface area contributed by atoms with E-state index in [9.17, 15) is 0 Å². The third-order valence-electron chi connectivity index (χ3n) is 9.49. The highest BCUT2D eigenvalue weighted by Crippen LogP contribution is 2.42. The molecule has 0 amide bonds. The maximum atomic E-state index is 4.85. The summed E-state index contributed by atoms with van der Waals surface area (Å²) in [4.78, 5) is 24.7. The highest BCUT2D eigenvalue weighted by molar-refractivity contribution is 5.96. The Kier molecular flexibility index (Phi) is 6.60. The smallest absolute Gasteiger partial charge is 0.157 e. The molecule has 0 aliphatic carbocycles. The number of H-pyrrole nitrogens is 1. The van der Waals surface area contributed by atoms with Gasteiger partial charge in [0.25, 0.3) is 0 Å². The fourth-order valence-corrected chi connectivity index (χ4v) is 7.13. The summed E-state index contributed by atoms with van der Waals surface area (Å²) in [5, 5.41) is 8.20. The Labute approximate surface area is 262 Å². The van der Waals surface area contributed by atoms with Gasteiger partial charge in [-0.15, -0.1) is 0 Å². The van der Waals surface area contributed by atoms with Gasteiger partial charge < -0.3 is 15.6 Å². The van der Waals surface area contributed by atoms with Crippen LogP contribution in [0, 0.1) is 13.8 Å². The van der Waals surface area contributed by atoms with Crippen LogP contribution in [0.1, 0.15) is 43.1 Å². The molecule has 1 fully saturated rings. The van der Waals surface area contributed by atoms with E-state index in [1.807, 2.05) is 56.6 Å². The molecule has 3 N–H and O–H groups in total. The fraction of sp³-hybridized carbons (Fsp3) is 0.243. The number of aromatic amines is 1. The van der Waals surface area contributed by atoms with Gasteiger partial charge in [0.1, 0.15) is 5.69 Å². The van der Waals surface area contributed by atoms with E-state index in [-0.39, 0.29) is 0 Å². The standard InChI is InChI=1S/C37H36N8/c1-21-15-26(13-14-38-21)41-25-6-10-32-35(18-25)44-37(43-32)33-11-7-27(20-39-33)42-34-16-22(2)40-31-9-5-24(17-30(31)34)29-19-28-8-12-36(23(29)3)45(28)4/h5-7,9-11,13-18,20,28,36H,8,12,19H2,1-4H3,(H,38,41)(H,40,42)(H,43,44)/t28-,36+/m1/s1. The molecule has 6 heterocycles. The molecular formula is C37H36N8. The lowest BCUT2D eigenvalue weighted by molar-refractivity contribution is 0.255. The lowest BCUT2D eigenvalue weighted by atomic mass is 9.89. The number of hydrogen-bond donors (Lipinski definition) is 3. The Morgan fingerprint density at radius 1 is 0.778 bits per heavy atom. The predicted molar refractivity (Wildman–Crippen MR) is 183 cm³/mol. The van der Waals surface area contributed by atoms with Crippen molar-refractivity contribution in [2.75, 3.05) is 17.7 Å². The van der Waals surface area contributed by atoms with Gasteiger partial charge in [0.2, 0.25) is 0 Å². The molecule has 8 nitrogen and oxygen atoms in total. The van der Waals surface area contributed by atoms with Crippen molar-refractivity contribution in [2.45, 2.75) is 52.1 Å². The molecule has 0 unspecified atom stereocenters. The lowest BCUT2D eigenvalue weighted by Crippen LogP contribution is -2.37. The van der Waals surface area contributed by atoms with Crippen LogP contribution in [0.2, 0.25) is 0 Å². The number of rotatable bonds is 6. The molecule has 2 atom stereocenters. The lowest BCUT2D eigenvalue weighted by Gasteiger charge is -2.34. The number of anilines is 4. The molecular weight excluding hydrogens is 556 g/mol. The molecule has 2 bridgehead atoms. The van der Waals surface area contributed by atoms with E-state index in [4.69, 9.17) is 15.0 Å². The quantitative estimate of drug-likeness (QED) is 0.179. The number of benzene rings is 2. The molecule has 0 radical (unpaired) electrons. The molecule has 45 heavy (non-hydrogen) atoms. The van der Waals surface area contributed by atoms with E-state index in [0.717, 1.165) is 74.0 Å². The van der Waals surface area contributed by atoms with Crippen LogP contribution in [-0.4, -0.2) is 49.0 Å². The number of nitrogens with one attached hydrogen (secondary N) is 3. The van der Waals surface area contributed by atoms with Gasteiger partial charge in [0, 0.05) is 52.1 Å². The Balaban J connectivity index is 1.05. The maximum absolute atomic E-state index is 4.85. The van der Waals surface area contributed by atoms with Gasteiger partial charge in [0.15, 0.2) is 5.82 Å². The largest absolute Gasteiger partial charge is 0.355 e. The van der Waals surface area contributed by atoms with Crippen LogP contribution in [0.3, 0.4) is 0 Å². The number of fused-ring (bicyclic) bond motifs is 4. The Hall–Kier alpha value is -5.08. The fourth-order valence-electron chi connectivity index (χ4n) is 7.13. The third-order valence-corrected chi connectivity index (χ3v) is 9.49. The van der Waals surface area contributed by atoms with Crippen molar-refractivity contribution in [2.24, 2.45) is 0 Å². The summed E-state index contributed by atoms with van der Waals surface area (Å²) in [6, 6.07) is 24.2. The van der Waals surface area contributed by atoms with Gasteiger partial charge in [-0.05, 0) is 119 Å². The molecule has 224 valence electrons. The number of nitrogens with zero attached hydrogens (tertiary/aromatic N) is 5. The molecule has 2 aliphatic heterocycles.